The number of ether oxygens (including phenoxy) is 1. The molecule has 5 heteroatoms. The van der Waals surface area contributed by atoms with Crippen LogP contribution in [0.4, 0.5) is 8.78 Å². The second-order valence-electron chi connectivity index (χ2n) is 3.77. The van der Waals surface area contributed by atoms with E-state index >= 15 is 0 Å². The highest BCUT2D eigenvalue weighted by atomic mass is 79.9. The smallest absolute Gasteiger partial charge is 0.203 e. The van der Waals surface area contributed by atoms with Crippen LogP contribution in [0.25, 0.3) is 0 Å². The van der Waals surface area contributed by atoms with Crippen molar-refractivity contribution < 1.29 is 18.3 Å². The Balaban J connectivity index is 2.04. The summed E-state index contributed by atoms with van der Waals surface area (Å²) < 4.78 is 31.8. The van der Waals surface area contributed by atoms with Gasteiger partial charge in [0.05, 0.1) is 10.0 Å². The van der Waals surface area contributed by atoms with Gasteiger partial charge in [0.15, 0.2) is 6.61 Å². The van der Waals surface area contributed by atoms with Gasteiger partial charge in [-0.05, 0) is 46.3 Å². The lowest BCUT2D eigenvalue weighted by molar-refractivity contribution is 0.0917. The highest BCUT2D eigenvalue weighted by molar-refractivity contribution is 9.10. The van der Waals surface area contributed by atoms with E-state index in [-0.39, 0.29) is 16.6 Å². The Morgan fingerprint density at radius 2 is 1.84 bits per heavy atom. The molecule has 0 saturated carbocycles. The summed E-state index contributed by atoms with van der Waals surface area (Å²) >= 11 is 3.01. The number of rotatable bonds is 4. The van der Waals surface area contributed by atoms with Crippen molar-refractivity contribution in [2.45, 2.75) is 0 Å². The van der Waals surface area contributed by atoms with Crippen molar-refractivity contribution in [3.05, 3.63) is 64.1 Å². The first-order valence-electron chi connectivity index (χ1n) is 5.43. The molecular weight excluding hydrogens is 318 g/mol. The van der Waals surface area contributed by atoms with E-state index in [1.807, 2.05) is 0 Å². The van der Waals surface area contributed by atoms with Crippen molar-refractivity contribution >= 4 is 21.7 Å². The minimum absolute atomic E-state index is 0.0244. The van der Waals surface area contributed by atoms with E-state index in [9.17, 15) is 13.6 Å². The molecule has 0 aliphatic heterocycles. The van der Waals surface area contributed by atoms with Crippen LogP contribution < -0.4 is 4.74 Å². The Morgan fingerprint density at radius 1 is 1.11 bits per heavy atom. The highest BCUT2D eigenvalue weighted by Crippen LogP contribution is 2.21. The lowest BCUT2D eigenvalue weighted by Crippen LogP contribution is -2.13. The number of benzene rings is 2. The van der Waals surface area contributed by atoms with Crippen LogP contribution >= 0.6 is 15.9 Å². The molecule has 0 amide bonds. The lowest BCUT2D eigenvalue weighted by Gasteiger charge is -2.06. The fourth-order valence-electron chi connectivity index (χ4n) is 1.48. The third-order valence-corrected chi connectivity index (χ3v) is 3.04. The van der Waals surface area contributed by atoms with Gasteiger partial charge >= 0.3 is 0 Å². The number of hydrogen-bond donors (Lipinski definition) is 0. The molecule has 0 radical (unpaired) electrons. The predicted octanol–water partition coefficient (Wildman–Crippen LogP) is 3.99. The van der Waals surface area contributed by atoms with Gasteiger partial charge in [0.25, 0.3) is 0 Å². The molecule has 0 saturated heterocycles. The van der Waals surface area contributed by atoms with Crippen molar-refractivity contribution in [2.24, 2.45) is 0 Å². The largest absolute Gasteiger partial charge is 0.485 e. The standard InChI is InChI=1S/C14H9BrF2O2/c15-11-7-9(5-6-13(11)17)19-8-14(18)10-3-1-2-4-12(10)16/h1-7H,8H2. The molecule has 98 valence electrons. The van der Waals surface area contributed by atoms with Gasteiger partial charge in [0.1, 0.15) is 17.4 Å². The molecule has 2 aromatic carbocycles. The normalized spacial score (nSPS) is 10.3. The average molecular weight is 327 g/mol. The second kappa shape index (κ2) is 5.93. The molecule has 0 atom stereocenters. The molecule has 0 aromatic heterocycles. The number of halogens is 3. The van der Waals surface area contributed by atoms with Gasteiger partial charge in [-0.3, -0.25) is 4.79 Å². The quantitative estimate of drug-likeness (QED) is 0.794. The summed E-state index contributed by atoms with van der Waals surface area (Å²) in [5.74, 6) is -1.15. The molecule has 0 unspecified atom stereocenters. The summed E-state index contributed by atoms with van der Waals surface area (Å²) in [7, 11) is 0. The van der Waals surface area contributed by atoms with Gasteiger partial charge in [0, 0.05) is 0 Å². The summed E-state index contributed by atoms with van der Waals surface area (Å²) in [4.78, 5) is 11.7. The first-order chi connectivity index (χ1) is 9.08. The van der Waals surface area contributed by atoms with E-state index in [0.29, 0.717) is 5.75 Å². The van der Waals surface area contributed by atoms with Gasteiger partial charge in [0.2, 0.25) is 5.78 Å². The van der Waals surface area contributed by atoms with Gasteiger partial charge in [-0.2, -0.15) is 0 Å². The third kappa shape index (κ3) is 3.38. The molecule has 0 aliphatic rings. The first kappa shape index (κ1) is 13.7. The molecule has 0 N–H and O–H groups in total. The SMILES string of the molecule is O=C(COc1ccc(F)c(Br)c1)c1ccccc1F. The van der Waals surface area contributed by atoms with Crippen LogP contribution in [0.5, 0.6) is 5.75 Å². The Morgan fingerprint density at radius 3 is 2.53 bits per heavy atom. The molecule has 0 aliphatic carbocycles. The minimum atomic E-state index is -0.587. The Hall–Kier alpha value is -1.75. The minimum Gasteiger partial charge on any atom is -0.485 e. The van der Waals surface area contributed by atoms with E-state index in [4.69, 9.17) is 4.74 Å². The Bertz CT molecular complexity index is 614. The van der Waals surface area contributed by atoms with Crippen molar-refractivity contribution in [1.29, 1.82) is 0 Å². The third-order valence-electron chi connectivity index (χ3n) is 2.44. The zero-order valence-corrected chi connectivity index (χ0v) is 11.3. The van der Waals surface area contributed by atoms with Crippen LogP contribution in [0.15, 0.2) is 46.9 Å². The maximum absolute atomic E-state index is 13.3. The molecule has 0 spiro atoms. The molecular formula is C14H9BrF2O2. The molecule has 2 nitrogen and oxygen atoms in total. The highest BCUT2D eigenvalue weighted by Gasteiger charge is 2.12. The molecule has 0 fully saturated rings. The second-order valence-corrected chi connectivity index (χ2v) is 4.62. The van der Waals surface area contributed by atoms with Gasteiger partial charge < -0.3 is 4.74 Å². The summed E-state index contributed by atoms with van der Waals surface area (Å²) in [6.07, 6.45) is 0. The fraction of sp³-hybridized carbons (Fsp3) is 0.0714. The van der Waals surface area contributed by atoms with Crippen LogP contribution in [-0.4, -0.2) is 12.4 Å². The van der Waals surface area contributed by atoms with Crippen molar-refractivity contribution in [2.75, 3.05) is 6.61 Å². The van der Waals surface area contributed by atoms with Crippen LogP contribution in [0.2, 0.25) is 0 Å². The van der Waals surface area contributed by atoms with E-state index in [1.165, 1.54) is 36.4 Å². The van der Waals surface area contributed by atoms with Crippen LogP contribution in [-0.2, 0) is 0 Å². The van der Waals surface area contributed by atoms with Crippen molar-refractivity contribution in [3.8, 4) is 5.75 Å². The number of Topliss-reactive ketones (excluding diaryl/α,β-unsaturated/α-hetero) is 1. The van der Waals surface area contributed by atoms with Gasteiger partial charge in [-0.25, -0.2) is 8.78 Å². The number of carbonyl (C=O) groups is 1. The van der Waals surface area contributed by atoms with E-state index in [1.54, 1.807) is 6.07 Å². The summed E-state index contributed by atoms with van der Waals surface area (Å²) in [6, 6.07) is 9.70. The Labute approximate surface area is 117 Å². The first-order valence-corrected chi connectivity index (χ1v) is 6.23. The van der Waals surface area contributed by atoms with Crippen molar-refractivity contribution in [3.63, 3.8) is 0 Å². The Kier molecular flexibility index (Phi) is 4.27. The average Bonchev–Trinajstić information content (AvgIpc) is 2.40. The summed E-state index contributed by atoms with van der Waals surface area (Å²) in [6.45, 7) is -0.307. The zero-order chi connectivity index (χ0) is 13.8. The van der Waals surface area contributed by atoms with E-state index < -0.39 is 17.4 Å². The molecule has 19 heavy (non-hydrogen) atoms. The fourth-order valence-corrected chi connectivity index (χ4v) is 1.84. The summed E-state index contributed by atoms with van der Waals surface area (Å²) in [5, 5.41) is 0. The molecule has 2 rings (SSSR count). The van der Waals surface area contributed by atoms with Crippen LogP contribution in [0, 0.1) is 11.6 Å². The summed E-state index contributed by atoms with van der Waals surface area (Å²) in [5.41, 5.74) is -0.0244. The molecule has 0 heterocycles. The number of hydrogen-bond acceptors (Lipinski definition) is 2. The number of carbonyl (C=O) groups excluding carboxylic acids is 1. The van der Waals surface area contributed by atoms with Gasteiger partial charge in [-0.1, -0.05) is 12.1 Å². The van der Waals surface area contributed by atoms with Crippen molar-refractivity contribution in [1.82, 2.24) is 0 Å². The van der Waals surface area contributed by atoms with Crippen LogP contribution in [0.3, 0.4) is 0 Å². The van der Waals surface area contributed by atoms with Gasteiger partial charge in [-0.15, -0.1) is 0 Å². The lowest BCUT2D eigenvalue weighted by atomic mass is 10.1. The zero-order valence-electron chi connectivity index (χ0n) is 9.70. The maximum atomic E-state index is 13.3. The topological polar surface area (TPSA) is 26.3 Å². The molecule has 2 aromatic rings. The van der Waals surface area contributed by atoms with E-state index in [0.717, 1.165) is 0 Å². The maximum Gasteiger partial charge on any atom is 0.203 e. The number of ketones is 1. The predicted molar refractivity (Wildman–Crippen MR) is 70.3 cm³/mol. The van der Waals surface area contributed by atoms with E-state index in [2.05, 4.69) is 15.9 Å². The monoisotopic (exact) mass is 326 g/mol. The van der Waals surface area contributed by atoms with Crippen LogP contribution in [0.1, 0.15) is 10.4 Å². The molecule has 0 bridgehead atoms.